The average Bonchev–Trinajstić information content (AvgIpc) is 2.05. The SMILES string of the molecule is Cc1cc(C(F)(F)F)cc(C(C)(C)C)c1C. The molecule has 0 unspecified atom stereocenters. The van der Waals surface area contributed by atoms with Crippen molar-refractivity contribution in [3.63, 3.8) is 0 Å². The van der Waals surface area contributed by atoms with Crippen molar-refractivity contribution in [2.45, 2.75) is 46.2 Å². The van der Waals surface area contributed by atoms with Gasteiger partial charge in [-0.25, -0.2) is 0 Å². The van der Waals surface area contributed by atoms with Crippen LogP contribution in [-0.4, -0.2) is 0 Å². The summed E-state index contributed by atoms with van der Waals surface area (Å²) in [6, 6.07) is 2.48. The fourth-order valence-corrected chi connectivity index (χ4v) is 1.80. The van der Waals surface area contributed by atoms with Crippen molar-refractivity contribution in [1.82, 2.24) is 0 Å². The molecule has 16 heavy (non-hydrogen) atoms. The lowest BCUT2D eigenvalue weighted by Crippen LogP contribution is -2.16. The van der Waals surface area contributed by atoms with Crippen LogP contribution in [0.15, 0.2) is 12.1 Å². The summed E-state index contributed by atoms with van der Waals surface area (Å²) in [6.45, 7) is 9.37. The summed E-state index contributed by atoms with van der Waals surface area (Å²) in [4.78, 5) is 0. The van der Waals surface area contributed by atoms with E-state index < -0.39 is 11.7 Å². The predicted molar refractivity (Wildman–Crippen MR) is 59.6 cm³/mol. The highest BCUT2D eigenvalue weighted by Crippen LogP contribution is 2.35. The van der Waals surface area contributed by atoms with Crippen LogP contribution in [0.25, 0.3) is 0 Å². The first-order valence-corrected chi connectivity index (χ1v) is 5.22. The third-order valence-electron chi connectivity index (χ3n) is 2.80. The number of rotatable bonds is 0. The molecule has 0 aliphatic carbocycles. The predicted octanol–water partition coefficient (Wildman–Crippen LogP) is 4.62. The minimum atomic E-state index is -4.27. The number of benzene rings is 1. The Morgan fingerprint density at radius 2 is 1.44 bits per heavy atom. The van der Waals surface area contributed by atoms with Crippen molar-refractivity contribution < 1.29 is 13.2 Å². The quantitative estimate of drug-likeness (QED) is 0.610. The first-order valence-electron chi connectivity index (χ1n) is 5.22. The molecule has 3 heteroatoms. The monoisotopic (exact) mass is 230 g/mol. The normalized spacial score (nSPS) is 13.0. The Hall–Kier alpha value is -0.990. The van der Waals surface area contributed by atoms with Gasteiger partial charge in [-0.15, -0.1) is 0 Å². The topological polar surface area (TPSA) is 0 Å². The molecular weight excluding hydrogens is 213 g/mol. The van der Waals surface area contributed by atoms with Crippen LogP contribution in [0.4, 0.5) is 13.2 Å². The molecule has 1 aromatic rings. The maximum atomic E-state index is 12.7. The molecule has 0 radical (unpaired) electrons. The molecular formula is C13H17F3. The third-order valence-corrected chi connectivity index (χ3v) is 2.80. The Labute approximate surface area is 94.5 Å². The van der Waals surface area contributed by atoms with Gasteiger partial charge in [0.25, 0.3) is 0 Å². The van der Waals surface area contributed by atoms with Crippen LogP contribution in [-0.2, 0) is 11.6 Å². The molecule has 90 valence electrons. The van der Waals surface area contributed by atoms with Gasteiger partial charge >= 0.3 is 6.18 Å². The summed E-state index contributed by atoms with van der Waals surface area (Å²) < 4.78 is 38.0. The van der Waals surface area contributed by atoms with E-state index in [1.807, 2.05) is 27.7 Å². The highest BCUT2D eigenvalue weighted by atomic mass is 19.4. The maximum Gasteiger partial charge on any atom is 0.416 e. The van der Waals surface area contributed by atoms with Crippen molar-refractivity contribution in [3.8, 4) is 0 Å². The number of hydrogen-bond donors (Lipinski definition) is 0. The number of hydrogen-bond acceptors (Lipinski definition) is 0. The third kappa shape index (κ3) is 2.57. The van der Waals surface area contributed by atoms with E-state index >= 15 is 0 Å². The standard InChI is InChI=1S/C13H17F3/c1-8-6-10(13(14,15)16)7-11(9(8)2)12(3,4)5/h6-7H,1-5H3. The number of aryl methyl sites for hydroxylation is 1. The molecule has 0 bridgehead atoms. The zero-order valence-corrected chi connectivity index (χ0v) is 10.3. The summed E-state index contributed by atoms with van der Waals surface area (Å²) >= 11 is 0. The van der Waals surface area contributed by atoms with E-state index in [4.69, 9.17) is 0 Å². The minimum absolute atomic E-state index is 0.268. The van der Waals surface area contributed by atoms with Crippen LogP contribution < -0.4 is 0 Å². The van der Waals surface area contributed by atoms with Crippen molar-refractivity contribution in [3.05, 3.63) is 34.4 Å². The van der Waals surface area contributed by atoms with Gasteiger partial charge in [-0.1, -0.05) is 20.8 Å². The second-order valence-electron chi connectivity index (χ2n) is 5.21. The Balaban J connectivity index is 3.46. The molecule has 0 fully saturated rings. The van der Waals surface area contributed by atoms with Gasteiger partial charge in [0.1, 0.15) is 0 Å². The van der Waals surface area contributed by atoms with Gasteiger partial charge in [0, 0.05) is 0 Å². The summed E-state index contributed by atoms with van der Waals surface area (Å²) in [6.07, 6.45) is -4.27. The van der Waals surface area contributed by atoms with Gasteiger partial charge in [0.05, 0.1) is 5.56 Å². The van der Waals surface area contributed by atoms with Crippen molar-refractivity contribution >= 4 is 0 Å². The van der Waals surface area contributed by atoms with E-state index in [-0.39, 0.29) is 5.41 Å². The maximum absolute atomic E-state index is 12.7. The lowest BCUT2D eigenvalue weighted by molar-refractivity contribution is -0.137. The second-order valence-corrected chi connectivity index (χ2v) is 5.21. The van der Waals surface area contributed by atoms with Gasteiger partial charge in [0.15, 0.2) is 0 Å². The number of alkyl halides is 3. The molecule has 0 saturated carbocycles. The zero-order valence-electron chi connectivity index (χ0n) is 10.3. The highest BCUT2D eigenvalue weighted by Gasteiger charge is 2.32. The summed E-state index contributed by atoms with van der Waals surface area (Å²) in [5.74, 6) is 0. The van der Waals surface area contributed by atoms with E-state index in [1.165, 1.54) is 12.1 Å². The fourth-order valence-electron chi connectivity index (χ4n) is 1.80. The van der Waals surface area contributed by atoms with Crippen LogP contribution in [0.2, 0.25) is 0 Å². The summed E-state index contributed by atoms with van der Waals surface area (Å²) in [5.41, 5.74) is 1.58. The number of halogens is 3. The molecule has 0 atom stereocenters. The smallest absolute Gasteiger partial charge is 0.166 e. The lowest BCUT2D eigenvalue weighted by atomic mass is 9.81. The van der Waals surface area contributed by atoms with Gasteiger partial charge in [-0.3, -0.25) is 0 Å². The Morgan fingerprint density at radius 3 is 1.81 bits per heavy atom. The fraction of sp³-hybridized carbons (Fsp3) is 0.538. The highest BCUT2D eigenvalue weighted by molar-refractivity contribution is 5.42. The molecule has 0 aliphatic rings. The van der Waals surface area contributed by atoms with Crippen molar-refractivity contribution in [2.75, 3.05) is 0 Å². The second kappa shape index (κ2) is 3.79. The molecule has 0 N–H and O–H groups in total. The van der Waals surface area contributed by atoms with E-state index in [2.05, 4.69) is 0 Å². The van der Waals surface area contributed by atoms with E-state index in [0.717, 1.165) is 11.1 Å². The van der Waals surface area contributed by atoms with Gasteiger partial charge in [-0.05, 0) is 48.1 Å². The molecule has 1 rings (SSSR count). The molecule has 0 amide bonds. The molecule has 0 aliphatic heterocycles. The van der Waals surface area contributed by atoms with Crippen molar-refractivity contribution in [2.24, 2.45) is 0 Å². The molecule has 0 nitrogen and oxygen atoms in total. The lowest BCUT2D eigenvalue weighted by Gasteiger charge is -2.24. The van der Waals surface area contributed by atoms with Crippen LogP contribution >= 0.6 is 0 Å². The van der Waals surface area contributed by atoms with Crippen molar-refractivity contribution in [1.29, 1.82) is 0 Å². The largest absolute Gasteiger partial charge is 0.416 e. The zero-order chi connectivity index (χ0) is 12.7. The van der Waals surface area contributed by atoms with E-state index in [9.17, 15) is 13.2 Å². The molecule has 0 spiro atoms. The Morgan fingerprint density at radius 1 is 0.938 bits per heavy atom. The van der Waals surface area contributed by atoms with Gasteiger partial charge in [0.2, 0.25) is 0 Å². The van der Waals surface area contributed by atoms with Gasteiger partial charge < -0.3 is 0 Å². The molecule has 0 aromatic heterocycles. The summed E-state index contributed by atoms with van der Waals surface area (Å²) in [7, 11) is 0. The molecule has 0 heterocycles. The Kier molecular flexibility index (Phi) is 3.10. The van der Waals surface area contributed by atoms with Crippen LogP contribution in [0, 0.1) is 13.8 Å². The van der Waals surface area contributed by atoms with Crippen LogP contribution in [0.1, 0.15) is 43.0 Å². The first-order chi connectivity index (χ1) is 7.03. The molecule has 1 aromatic carbocycles. The minimum Gasteiger partial charge on any atom is -0.166 e. The van der Waals surface area contributed by atoms with Gasteiger partial charge in [-0.2, -0.15) is 13.2 Å². The van der Waals surface area contributed by atoms with E-state index in [0.29, 0.717) is 5.56 Å². The average molecular weight is 230 g/mol. The Bertz CT molecular complexity index is 395. The molecule has 0 saturated heterocycles. The first kappa shape index (κ1) is 13.1. The van der Waals surface area contributed by atoms with Crippen LogP contribution in [0.3, 0.4) is 0 Å². The van der Waals surface area contributed by atoms with E-state index in [1.54, 1.807) is 6.92 Å². The van der Waals surface area contributed by atoms with Crippen LogP contribution in [0.5, 0.6) is 0 Å². The summed E-state index contributed by atoms with van der Waals surface area (Å²) in [5, 5.41) is 0.